The maximum atomic E-state index is 12.0. The zero-order valence-corrected chi connectivity index (χ0v) is 13.0. The fourth-order valence-corrected chi connectivity index (χ4v) is 3.92. The number of carbonyl (C=O) groups is 1. The van der Waals surface area contributed by atoms with Crippen LogP contribution in [0.15, 0.2) is 6.20 Å². The van der Waals surface area contributed by atoms with E-state index in [1.165, 1.54) is 32.1 Å². The Morgan fingerprint density at radius 3 is 3.00 bits per heavy atom. The molecule has 2 fully saturated rings. The van der Waals surface area contributed by atoms with Gasteiger partial charge in [0.25, 0.3) is 0 Å². The minimum atomic E-state index is -0.250. The quantitative estimate of drug-likeness (QED) is 0.799. The number of aromatic nitrogens is 2. The minimum Gasteiger partial charge on any atom is -0.462 e. The van der Waals surface area contributed by atoms with Crippen LogP contribution in [-0.4, -0.2) is 39.8 Å². The topological polar surface area (TPSA) is 47.4 Å². The Kier molecular flexibility index (Phi) is 4.29. The third-order valence-corrected chi connectivity index (χ3v) is 5.03. The number of ether oxygens (including phenoxy) is 1. The first-order valence-electron chi connectivity index (χ1n) is 8.12. The van der Waals surface area contributed by atoms with Crippen LogP contribution in [0.2, 0.25) is 0 Å². The molecule has 5 nitrogen and oxygen atoms in total. The maximum Gasteiger partial charge on any atom is 0.341 e. The summed E-state index contributed by atoms with van der Waals surface area (Å²) in [4.78, 5) is 14.6. The van der Waals surface area contributed by atoms with Gasteiger partial charge in [-0.15, -0.1) is 0 Å². The molecule has 2 atom stereocenters. The number of hydrogen-bond acceptors (Lipinski definition) is 4. The van der Waals surface area contributed by atoms with Crippen LogP contribution in [-0.2, 0) is 18.3 Å². The van der Waals surface area contributed by atoms with E-state index in [0.29, 0.717) is 18.2 Å². The van der Waals surface area contributed by atoms with Crippen LogP contribution in [0.25, 0.3) is 0 Å². The van der Waals surface area contributed by atoms with E-state index in [2.05, 4.69) is 10.00 Å². The Hall–Kier alpha value is -1.36. The molecule has 1 aliphatic heterocycles. The lowest BCUT2D eigenvalue weighted by atomic mass is 9.85. The fourth-order valence-electron chi connectivity index (χ4n) is 3.92. The van der Waals surface area contributed by atoms with Crippen molar-refractivity contribution >= 4 is 5.97 Å². The van der Waals surface area contributed by atoms with E-state index in [9.17, 15) is 4.79 Å². The lowest BCUT2D eigenvalue weighted by molar-refractivity contribution is 0.0523. The molecule has 0 N–H and O–H groups in total. The Labute approximate surface area is 126 Å². The van der Waals surface area contributed by atoms with Crippen LogP contribution < -0.4 is 0 Å². The molecule has 0 amide bonds. The van der Waals surface area contributed by atoms with Gasteiger partial charge in [-0.25, -0.2) is 4.79 Å². The largest absolute Gasteiger partial charge is 0.462 e. The SMILES string of the molecule is CCOC(=O)c1cnn(C)c1CN1CCC2CCCCC21. The summed E-state index contributed by atoms with van der Waals surface area (Å²) in [5.74, 6) is 0.609. The highest BCUT2D eigenvalue weighted by Gasteiger charge is 2.36. The predicted molar refractivity (Wildman–Crippen MR) is 79.9 cm³/mol. The summed E-state index contributed by atoms with van der Waals surface area (Å²) in [7, 11) is 1.91. The second-order valence-corrected chi connectivity index (χ2v) is 6.22. The first-order chi connectivity index (χ1) is 10.2. The van der Waals surface area contributed by atoms with Gasteiger partial charge in [0, 0.05) is 19.6 Å². The smallest absolute Gasteiger partial charge is 0.341 e. The van der Waals surface area contributed by atoms with E-state index in [1.807, 2.05) is 18.7 Å². The van der Waals surface area contributed by atoms with Gasteiger partial charge in [-0.05, 0) is 38.6 Å². The first-order valence-corrected chi connectivity index (χ1v) is 8.12. The summed E-state index contributed by atoms with van der Waals surface area (Å²) in [6.07, 6.45) is 8.34. The molecular weight excluding hydrogens is 266 g/mol. The van der Waals surface area contributed by atoms with Crippen molar-refractivity contribution in [3.8, 4) is 0 Å². The molecule has 116 valence electrons. The van der Waals surface area contributed by atoms with Gasteiger partial charge in [0.1, 0.15) is 5.56 Å². The summed E-state index contributed by atoms with van der Waals surface area (Å²) in [6.45, 7) is 4.19. The molecule has 0 radical (unpaired) electrons. The Morgan fingerprint density at radius 1 is 1.38 bits per heavy atom. The third-order valence-electron chi connectivity index (χ3n) is 5.03. The summed E-state index contributed by atoms with van der Waals surface area (Å²) in [6, 6.07) is 0.698. The molecule has 2 heterocycles. The Morgan fingerprint density at radius 2 is 2.19 bits per heavy atom. The minimum absolute atomic E-state index is 0.250. The lowest BCUT2D eigenvalue weighted by Crippen LogP contribution is -2.35. The van der Waals surface area contributed by atoms with Gasteiger partial charge in [0.05, 0.1) is 18.5 Å². The second-order valence-electron chi connectivity index (χ2n) is 6.22. The van der Waals surface area contributed by atoms with E-state index in [1.54, 1.807) is 6.20 Å². The van der Waals surface area contributed by atoms with E-state index < -0.39 is 0 Å². The van der Waals surface area contributed by atoms with Crippen LogP contribution >= 0.6 is 0 Å². The summed E-state index contributed by atoms with van der Waals surface area (Å²) in [5.41, 5.74) is 1.61. The van der Waals surface area contributed by atoms with Crippen molar-refractivity contribution in [2.75, 3.05) is 13.2 Å². The Balaban J connectivity index is 1.75. The molecule has 21 heavy (non-hydrogen) atoms. The molecule has 5 heteroatoms. The van der Waals surface area contributed by atoms with Crippen LogP contribution in [0, 0.1) is 5.92 Å². The zero-order chi connectivity index (χ0) is 14.8. The standard InChI is InChI=1S/C16H25N3O2/c1-3-21-16(20)13-10-17-18(2)15(13)11-19-9-8-12-6-4-5-7-14(12)19/h10,12,14H,3-9,11H2,1-2H3. The zero-order valence-electron chi connectivity index (χ0n) is 13.0. The van der Waals surface area contributed by atoms with E-state index in [0.717, 1.165) is 24.7 Å². The molecule has 1 saturated heterocycles. The number of nitrogens with zero attached hydrogens (tertiary/aromatic N) is 3. The van der Waals surface area contributed by atoms with E-state index in [4.69, 9.17) is 4.74 Å². The normalized spacial score (nSPS) is 25.8. The molecule has 0 bridgehead atoms. The van der Waals surface area contributed by atoms with Crippen molar-refractivity contribution in [3.05, 3.63) is 17.5 Å². The van der Waals surface area contributed by atoms with E-state index >= 15 is 0 Å². The number of esters is 1. The average Bonchev–Trinajstić information content (AvgIpc) is 3.05. The van der Waals surface area contributed by atoms with Crippen molar-refractivity contribution in [1.82, 2.24) is 14.7 Å². The molecule has 1 aromatic rings. The highest BCUT2D eigenvalue weighted by Crippen LogP contribution is 2.37. The predicted octanol–water partition coefficient (Wildman–Crippen LogP) is 2.36. The first kappa shape index (κ1) is 14.6. The second kappa shape index (κ2) is 6.18. The van der Waals surface area contributed by atoms with Crippen LogP contribution in [0.1, 0.15) is 55.1 Å². The monoisotopic (exact) mass is 291 g/mol. The lowest BCUT2D eigenvalue weighted by Gasteiger charge is -2.31. The highest BCUT2D eigenvalue weighted by atomic mass is 16.5. The van der Waals surface area contributed by atoms with E-state index in [-0.39, 0.29) is 5.97 Å². The summed E-state index contributed by atoms with van der Waals surface area (Å²) >= 11 is 0. The molecule has 2 unspecified atom stereocenters. The van der Waals surface area contributed by atoms with Gasteiger partial charge in [-0.2, -0.15) is 5.10 Å². The van der Waals surface area contributed by atoms with Crippen LogP contribution in [0.4, 0.5) is 0 Å². The van der Waals surface area contributed by atoms with Crippen molar-refractivity contribution in [3.63, 3.8) is 0 Å². The van der Waals surface area contributed by atoms with Crippen LogP contribution in [0.5, 0.6) is 0 Å². The molecule has 0 spiro atoms. The fraction of sp³-hybridized carbons (Fsp3) is 0.750. The number of likely N-dealkylation sites (tertiary alicyclic amines) is 1. The Bertz CT molecular complexity index is 512. The number of fused-ring (bicyclic) bond motifs is 1. The third kappa shape index (κ3) is 2.84. The van der Waals surface area contributed by atoms with Crippen molar-refractivity contribution in [1.29, 1.82) is 0 Å². The van der Waals surface area contributed by atoms with Crippen LogP contribution in [0.3, 0.4) is 0 Å². The van der Waals surface area contributed by atoms with Crippen molar-refractivity contribution in [2.45, 2.75) is 51.6 Å². The van der Waals surface area contributed by atoms with Gasteiger partial charge in [-0.3, -0.25) is 9.58 Å². The number of carbonyl (C=O) groups excluding carboxylic acids is 1. The maximum absolute atomic E-state index is 12.0. The van der Waals surface area contributed by atoms with Gasteiger partial charge < -0.3 is 4.74 Å². The average molecular weight is 291 g/mol. The van der Waals surface area contributed by atoms with Gasteiger partial charge in [-0.1, -0.05) is 12.8 Å². The van der Waals surface area contributed by atoms with Gasteiger partial charge in [0.2, 0.25) is 0 Å². The molecule has 2 aliphatic rings. The molecular formula is C16H25N3O2. The highest BCUT2D eigenvalue weighted by molar-refractivity contribution is 5.90. The van der Waals surface area contributed by atoms with Gasteiger partial charge >= 0.3 is 5.97 Å². The molecule has 3 rings (SSSR count). The molecule has 0 aromatic carbocycles. The number of rotatable bonds is 4. The molecule has 1 aromatic heterocycles. The van der Waals surface area contributed by atoms with Crippen molar-refractivity contribution < 1.29 is 9.53 Å². The summed E-state index contributed by atoms with van der Waals surface area (Å²) < 4.78 is 6.96. The molecule has 1 aliphatic carbocycles. The number of aryl methyl sites for hydroxylation is 1. The number of hydrogen-bond donors (Lipinski definition) is 0. The molecule has 1 saturated carbocycles. The van der Waals surface area contributed by atoms with Gasteiger partial charge in [0.15, 0.2) is 0 Å². The summed E-state index contributed by atoms with van der Waals surface area (Å²) in [5, 5.41) is 4.26. The van der Waals surface area contributed by atoms with Crippen molar-refractivity contribution in [2.24, 2.45) is 13.0 Å².